The zero-order valence-corrected chi connectivity index (χ0v) is 14.5. The molecule has 1 N–H and O–H groups in total. The van der Waals surface area contributed by atoms with Gasteiger partial charge in [-0.15, -0.1) is 0 Å². The first-order valence-corrected chi connectivity index (χ1v) is 9.73. The van der Waals surface area contributed by atoms with Crippen LogP contribution in [-0.4, -0.2) is 19.6 Å². The molecule has 1 aliphatic rings. The van der Waals surface area contributed by atoms with E-state index in [1.54, 1.807) is 30.3 Å². The maximum atomic E-state index is 12.5. The van der Waals surface area contributed by atoms with Crippen LogP contribution in [0.25, 0.3) is 0 Å². The molecule has 2 aromatic carbocycles. The van der Waals surface area contributed by atoms with Crippen molar-refractivity contribution >= 4 is 21.4 Å². The summed E-state index contributed by atoms with van der Waals surface area (Å²) >= 11 is 0. The van der Waals surface area contributed by atoms with Crippen molar-refractivity contribution in [2.75, 3.05) is 5.32 Å². The summed E-state index contributed by atoms with van der Waals surface area (Å²) in [5.41, 5.74) is 2.19. The van der Waals surface area contributed by atoms with E-state index in [1.807, 2.05) is 25.1 Å². The number of hydrogen-bond donors (Lipinski definition) is 1. The quantitative estimate of drug-likeness (QED) is 0.914. The fourth-order valence-electron chi connectivity index (χ4n) is 3.11. The smallest absolute Gasteiger partial charge is 0.255 e. The molecule has 0 saturated heterocycles. The second-order valence-corrected chi connectivity index (χ2v) is 8.53. The van der Waals surface area contributed by atoms with Crippen molar-refractivity contribution in [2.45, 2.75) is 42.8 Å². The lowest BCUT2D eigenvalue weighted by atomic mass is 10.1. The molecule has 5 heteroatoms. The molecule has 1 amide bonds. The van der Waals surface area contributed by atoms with Crippen LogP contribution in [0.4, 0.5) is 5.69 Å². The number of hydrogen-bond acceptors (Lipinski definition) is 3. The van der Waals surface area contributed by atoms with Crippen molar-refractivity contribution in [2.24, 2.45) is 0 Å². The minimum absolute atomic E-state index is 0.204. The predicted octanol–water partition coefficient (Wildman–Crippen LogP) is 3.96. The minimum atomic E-state index is -3.25. The van der Waals surface area contributed by atoms with Gasteiger partial charge in [-0.25, -0.2) is 8.42 Å². The van der Waals surface area contributed by atoms with Crippen molar-refractivity contribution in [3.8, 4) is 0 Å². The Balaban J connectivity index is 1.74. The Labute approximate surface area is 142 Å². The number of nitrogens with one attached hydrogen (secondary N) is 1. The number of rotatable bonds is 4. The Morgan fingerprint density at radius 2 is 1.71 bits per heavy atom. The molecule has 2 aromatic rings. The molecular weight excluding hydrogens is 322 g/mol. The summed E-state index contributed by atoms with van der Waals surface area (Å²) in [4.78, 5) is 12.6. The lowest BCUT2D eigenvalue weighted by molar-refractivity contribution is 0.102. The molecule has 0 heterocycles. The summed E-state index contributed by atoms with van der Waals surface area (Å²) in [5, 5.41) is 2.54. The second kappa shape index (κ2) is 6.77. The highest BCUT2D eigenvalue weighted by Crippen LogP contribution is 2.30. The number of aryl methyl sites for hydroxylation is 1. The molecule has 0 atom stereocenters. The summed E-state index contributed by atoms with van der Waals surface area (Å²) in [6.45, 7) is 1.93. The van der Waals surface area contributed by atoms with E-state index < -0.39 is 9.84 Å². The van der Waals surface area contributed by atoms with Crippen LogP contribution in [0.3, 0.4) is 0 Å². The number of sulfone groups is 1. The van der Waals surface area contributed by atoms with E-state index in [2.05, 4.69) is 5.32 Å². The second-order valence-electron chi connectivity index (χ2n) is 6.30. The van der Waals surface area contributed by atoms with Gasteiger partial charge in [-0.05, 0) is 56.2 Å². The van der Waals surface area contributed by atoms with Gasteiger partial charge < -0.3 is 5.32 Å². The standard InChI is InChI=1S/C19H21NO3S/c1-14-5-4-6-15(13-14)19(21)20-16-9-11-18(12-10-16)24(22,23)17-7-2-3-8-17/h4-6,9-13,17H,2-3,7-8H2,1H3,(H,20,21). The molecule has 4 nitrogen and oxygen atoms in total. The molecule has 126 valence electrons. The van der Waals surface area contributed by atoms with Gasteiger partial charge >= 0.3 is 0 Å². The summed E-state index contributed by atoms with van der Waals surface area (Å²) in [5.74, 6) is -0.204. The van der Waals surface area contributed by atoms with E-state index >= 15 is 0 Å². The van der Waals surface area contributed by atoms with Gasteiger partial charge in [-0.3, -0.25) is 4.79 Å². The lowest BCUT2D eigenvalue weighted by Gasteiger charge is -2.12. The van der Waals surface area contributed by atoms with Crippen LogP contribution in [0, 0.1) is 6.92 Å². The van der Waals surface area contributed by atoms with Crippen LogP contribution >= 0.6 is 0 Å². The molecule has 1 fully saturated rings. The van der Waals surface area contributed by atoms with Gasteiger partial charge in [0.25, 0.3) is 5.91 Å². The molecule has 0 unspecified atom stereocenters. The van der Waals surface area contributed by atoms with Gasteiger partial charge in [0.05, 0.1) is 10.1 Å². The van der Waals surface area contributed by atoms with Gasteiger partial charge in [0.1, 0.15) is 0 Å². The van der Waals surface area contributed by atoms with Crippen molar-refractivity contribution in [1.29, 1.82) is 0 Å². The van der Waals surface area contributed by atoms with E-state index in [0.29, 0.717) is 16.1 Å². The van der Waals surface area contributed by atoms with Crippen molar-refractivity contribution in [3.63, 3.8) is 0 Å². The van der Waals surface area contributed by atoms with Crippen LogP contribution in [0.2, 0.25) is 0 Å². The van der Waals surface area contributed by atoms with Crippen LogP contribution in [0.1, 0.15) is 41.6 Å². The SMILES string of the molecule is Cc1cccc(C(=O)Nc2ccc(S(=O)(=O)C3CCCC3)cc2)c1. The Kier molecular flexibility index (Phi) is 4.71. The summed E-state index contributed by atoms with van der Waals surface area (Å²) in [7, 11) is -3.25. The largest absolute Gasteiger partial charge is 0.322 e. The molecule has 0 aliphatic heterocycles. The van der Waals surface area contributed by atoms with Crippen molar-refractivity contribution in [3.05, 3.63) is 59.7 Å². The number of carbonyl (C=O) groups is 1. The molecule has 0 radical (unpaired) electrons. The number of benzene rings is 2. The van der Waals surface area contributed by atoms with E-state index in [4.69, 9.17) is 0 Å². The first-order chi connectivity index (χ1) is 11.5. The highest BCUT2D eigenvalue weighted by Gasteiger charge is 2.30. The van der Waals surface area contributed by atoms with Crippen molar-refractivity contribution in [1.82, 2.24) is 0 Å². The maximum absolute atomic E-state index is 12.5. The third kappa shape index (κ3) is 3.51. The fraction of sp³-hybridized carbons (Fsp3) is 0.316. The first kappa shape index (κ1) is 16.7. The zero-order chi connectivity index (χ0) is 17.2. The normalized spacial score (nSPS) is 15.4. The van der Waals surface area contributed by atoms with Gasteiger partial charge in [-0.2, -0.15) is 0 Å². The molecule has 0 spiro atoms. The topological polar surface area (TPSA) is 63.2 Å². The maximum Gasteiger partial charge on any atom is 0.255 e. The van der Waals surface area contributed by atoms with Gasteiger partial charge in [0, 0.05) is 11.3 Å². The fourth-order valence-corrected chi connectivity index (χ4v) is 4.96. The Hall–Kier alpha value is -2.14. The van der Waals surface area contributed by atoms with Crippen LogP contribution < -0.4 is 5.32 Å². The average Bonchev–Trinajstić information content (AvgIpc) is 3.10. The van der Waals surface area contributed by atoms with Crippen LogP contribution in [0.15, 0.2) is 53.4 Å². The van der Waals surface area contributed by atoms with Crippen LogP contribution in [0.5, 0.6) is 0 Å². The van der Waals surface area contributed by atoms with Crippen LogP contribution in [-0.2, 0) is 9.84 Å². The molecule has 0 bridgehead atoms. The summed E-state index contributed by atoms with van der Waals surface area (Å²) in [6, 6.07) is 13.8. The van der Waals surface area contributed by atoms with E-state index in [9.17, 15) is 13.2 Å². The van der Waals surface area contributed by atoms with Gasteiger partial charge in [0.15, 0.2) is 9.84 Å². The van der Waals surface area contributed by atoms with E-state index in [0.717, 1.165) is 31.2 Å². The molecule has 1 saturated carbocycles. The van der Waals surface area contributed by atoms with E-state index in [-0.39, 0.29) is 11.2 Å². The Bertz CT molecular complexity index is 835. The van der Waals surface area contributed by atoms with Gasteiger partial charge in [0.2, 0.25) is 0 Å². The Morgan fingerprint density at radius 1 is 1.04 bits per heavy atom. The molecule has 24 heavy (non-hydrogen) atoms. The van der Waals surface area contributed by atoms with Gasteiger partial charge in [-0.1, -0.05) is 30.5 Å². The highest BCUT2D eigenvalue weighted by atomic mass is 32.2. The monoisotopic (exact) mass is 343 g/mol. The third-order valence-corrected chi connectivity index (χ3v) is 6.74. The average molecular weight is 343 g/mol. The summed E-state index contributed by atoms with van der Waals surface area (Å²) in [6.07, 6.45) is 3.45. The number of anilines is 1. The number of carbonyl (C=O) groups excluding carboxylic acids is 1. The predicted molar refractivity (Wildman–Crippen MR) is 95.0 cm³/mol. The molecular formula is C19H21NO3S. The lowest BCUT2D eigenvalue weighted by Crippen LogP contribution is -2.18. The Morgan fingerprint density at radius 3 is 2.33 bits per heavy atom. The molecule has 0 aromatic heterocycles. The zero-order valence-electron chi connectivity index (χ0n) is 13.7. The highest BCUT2D eigenvalue weighted by molar-refractivity contribution is 7.92. The van der Waals surface area contributed by atoms with Crippen molar-refractivity contribution < 1.29 is 13.2 Å². The number of amides is 1. The molecule has 1 aliphatic carbocycles. The van der Waals surface area contributed by atoms with E-state index in [1.165, 1.54) is 0 Å². The molecule has 3 rings (SSSR count). The first-order valence-electron chi connectivity index (χ1n) is 8.19. The minimum Gasteiger partial charge on any atom is -0.322 e. The third-order valence-electron chi connectivity index (χ3n) is 4.46. The summed E-state index contributed by atoms with van der Waals surface area (Å²) < 4.78 is 25.1.